The number of nitrogens with zero attached hydrogens (tertiary/aromatic N) is 2. The second-order valence-electron chi connectivity index (χ2n) is 3.75. The van der Waals surface area contributed by atoms with Crippen molar-refractivity contribution in [3.05, 3.63) is 21.5 Å². The molecule has 0 atom stereocenters. The fourth-order valence-corrected chi connectivity index (χ4v) is 4.40. The van der Waals surface area contributed by atoms with E-state index in [4.69, 9.17) is 11.6 Å². The van der Waals surface area contributed by atoms with E-state index in [2.05, 4.69) is 19.9 Å². The molecule has 0 bridgehead atoms. The number of hydrogen-bond acceptors (Lipinski definition) is 5. The number of sulfonamides is 1. The number of thiazole rings is 1. The third-order valence-corrected chi connectivity index (χ3v) is 5.56. The van der Waals surface area contributed by atoms with Crippen molar-refractivity contribution in [3.63, 3.8) is 0 Å². The van der Waals surface area contributed by atoms with Gasteiger partial charge in [0.1, 0.15) is 0 Å². The van der Waals surface area contributed by atoms with Crippen LogP contribution in [0.3, 0.4) is 0 Å². The van der Waals surface area contributed by atoms with Crippen molar-refractivity contribution in [2.45, 2.75) is 25.0 Å². The minimum absolute atomic E-state index is 0.118. The first-order valence-electron chi connectivity index (χ1n) is 4.98. The van der Waals surface area contributed by atoms with Crippen LogP contribution >= 0.6 is 22.9 Å². The van der Waals surface area contributed by atoms with Gasteiger partial charge in [0.05, 0.1) is 22.8 Å². The van der Waals surface area contributed by atoms with Crippen LogP contribution < -0.4 is 4.72 Å². The lowest BCUT2D eigenvalue weighted by molar-refractivity contribution is 0.602. The van der Waals surface area contributed by atoms with Crippen molar-refractivity contribution in [3.8, 4) is 0 Å². The molecule has 0 aromatic carbocycles. The highest BCUT2D eigenvalue weighted by Crippen LogP contribution is 2.29. The number of rotatable bonds is 3. The summed E-state index contributed by atoms with van der Waals surface area (Å²) in [5.41, 5.74) is 2.09. The molecule has 2 N–H and O–H groups in total. The van der Waals surface area contributed by atoms with Crippen LogP contribution in [0.15, 0.2) is 4.21 Å². The smallest absolute Gasteiger partial charge is 0.273 e. The van der Waals surface area contributed by atoms with E-state index in [1.807, 2.05) is 0 Å². The molecule has 2 aromatic heterocycles. The van der Waals surface area contributed by atoms with Crippen LogP contribution in [0.25, 0.3) is 0 Å². The Kier molecular flexibility index (Phi) is 3.35. The normalized spacial score (nSPS) is 11.8. The van der Waals surface area contributed by atoms with Gasteiger partial charge in [-0.15, -0.1) is 0 Å². The fourth-order valence-electron chi connectivity index (χ4n) is 1.48. The van der Waals surface area contributed by atoms with Gasteiger partial charge in [-0.3, -0.25) is 9.82 Å². The number of hydrogen-bond donors (Lipinski definition) is 2. The number of anilines is 1. The molecule has 0 aliphatic carbocycles. The van der Waals surface area contributed by atoms with Crippen molar-refractivity contribution in [2.75, 3.05) is 4.72 Å². The van der Waals surface area contributed by atoms with Gasteiger partial charge in [0.15, 0.2) is 8.68 Å². The maximum atomic E-state index is 12.2. The molecular weight excluding hydrogens is 296 g/mol. The van der Waals surface area contributed by atoms with E-state index in [0.29, 0.717) is 22.8 Å². The van der Waals surface area contributed by atoms with Gasteiger partial charge in [-0.2, -0.15) is 5.10 Å². The molecule has 18 heavy (non-hydrogen) atoms. The summed E-state index contributed by atoms with van der Waals surface area (Å²) in [6.45, 7) is 5.06. The van der Waals surface area contributed by atoms with Gasteiger partial charge < -0.3 is 0 Å². The Morgan fingerprint density at radius 3 is 2.39 bits per heavy atom. The van der Waals surface area contributed by atoms with Crippen LogP contribution in [-0.2, 0) is 10.0 Å². The van der Waals surface area contributed by atoms with E-state index < -0.39 is 10.0 Å². The Hall–Kier alpha value is -1.12. The third-order valence-electron chi connectivity index (χ3n) is 2.34. The van der Waals surface area contributed by atoms with Gasteiger partial charge in [-0.25, -0.2) is 13.4 Å². The number of halogens is 1. The summed E-state index contributed by atoms with van der Waals surface area (Å²) in [5.74, 6) is 0. The van der Waals surface area contributed by atoms with Gasteiger partial charge in [-0.05, 0) is 20.8 Å². The first kappa shape index (κ1) is 13.3. The summed E-state index contributed by atoms with van der Waals surface area (Å²) in [6.07, 6.45) is 0. The molecule has 0 aliphatic heterocycles. The molecule has 6 nitrogen and oxygen atoms in total. The topological polar surface area (TPSA) is 87.7 Å². The maximum absolute atomic E-state index is 12.2. The first-order valence-corrected chi connectivity index (χ1v) is 7.66. The SMILES string of the molecule is Cc1nc(Cl)sc1S(=O)(=O)Nc1c(C)n[nH]c1C. The highest BCUT2D eigenvalue weighted by atomic mass is 35.5. The molecule has 0 aliphatic rings. The van der Waals surface area contributed by atoms with Crippen LogP contribution in [0, 0.1) is 20.8 Å². The quantitative estimate of drug-likeness (QED) is 0.910. The second-order valence-corrected chi connectivity index (χ2v) is 7.21. The summed E-state index contributed by atoms with van der Waals surface area (Å²) >= 11 is 6.64. The molecule has 0 unspecified atom stereocenters. The Balaban J connectivity index is 2.42. The average Bonchev–Trinajstić information content (AvgIpc) is 2.75. The zero-order valence-corrected chi connectivity index (χ0v) is 12.3. The lowest BCUT2D eigenvalue weighted by atomic mass is 10.3. The van der Waals surface area contributed by atoms with Crippen LogP contribution in [0.2, 0.25) is 4.47 Å². The van der Waals surface area contributed by atoms with Crippen molar-refractivity contribution in [1.82, 2.24) is 15.2 Å². The van der Waals surface area contributed by atoms with E-state index in [9.17, 15) is 8.42 Å². The Labute approximate surface area is 113 Å². The standard InChI is InChI=1S/C9H11ClN4O2S2/c1-4-7(5(2)13-12-4)14-18(15,16)8-6(3)11-9(10)17-8/h14H,1-3H3,(H,12,13). The lowest BCUT2D eigenvalue weighted by Gasteiger charge is -2.06. The Bertz CT molecular complexity index is 670. The van der Waals surface area contributed by atoms with Crippen molar-refractivity contribution >= 4 is 38.6 Å². The fraction of sp³-hybridized carbons (Fsp3) is 0.333. The minimum atomic E-state index is -3.68. The van der Waals surface area contributed by atoms with E-state index >= 15 is 0 Å². The van der Waals surface area contributed by atoms with Gasteiger partial charge >= 0.3 is 0 Å². The van der Waals surface area contributed by atoms with Crippen molar-refractivity contribution in [2.24, 2.45) is 0 Å². The highest BCUT2D eigenvalue weighted by Gasteiger charge is 2.23. The van der Waals surface area contributed by atoms with Crippen LogP contribution in [0.4, 0.5) is 5.69 Å². The van der Waals surface area contributed by atoms with Crippen LogP contribution in [0.5, 0.6) is 0 Å². The molecule has 0 spiro atoms. The van der Waals surface area contributed by atoms with E-state index in [1.165, 1.54) is 0 Å². The van der Waals surface area contributed by atoms with Crippen LogP contribution in [-0.4, -0.2) is 23.6 Å². The number of aromatic nitrogens is 3. The first-order chi connectivity index (χ1) is 8.31. The Morgan fingerprint density at radius 1 is 1.28 bits per heavy atom. The lowest BCUT2D eigenvalue weighted by Crippen LogP contribution is -2.13. The molecule has 9 heteroatoms. The van der Waals surface area contributed by atoms with E-state index in [0.717, 1.165) is 11.3 Å². The van der Waals surface area contributed by atoms with Crippen LogP contribution in [0.1, 0.15) is 17.1 Å². The van der Waals surface area contributed by atoms with Gasteiger partial charge in [0, 0.05) is 0 Å². The Morgan fingerprint density at radius 2 is 1.94 bits per heavy atom. The molecule has 98 valence electrons. The van der Waals surface area contributed by atoms with Gasteiger partial charge in [-0.1, -0.05) is 22.9 Å². The molecule has 2 aromatic rings. The van der Waals surface area contributed by atoms with Gasteiger partial charge in [0.25, 0.3) is 10.0 Å². The molecule has 0 fully saturated rings. The summed E-state index contributed by atoms with van der Waals surface area (Å²) in [5, 5.41) is 6.65. The summed E-state index contributed by atoms with van der Waals surface area (Å²) in [6, 6.07) is 0. The summed E-state index contributed by atoms with van der Waals surface area (Å²) in [7, 11) is -3.68. The highest BCUT2D eigenvalue weighted by molar-refractivity contribution is 7.94. The molecule has 2 rings (SSSR count). The largest absolute Gasteiger partial charge is 0.280 e. The van der Waals surface area contributed by atoms with E-state index in [-0.39, 0.29) is 8.68 Å². The predicted octanol–water partition coefficient (Wildman–Crippen LogP) is 2.25. The van der Waals surface area contributed by atoms with E-state index in [1.54, 1.807) is 20.8 Å². The van der Waals surface area contributed by atoms with Crippen molar-refractivity contribution < 1.29 is 8.42 Å². The zero-order valence-electron chi connectivity index (χ0n) is 9.91. The average molecular weight is 307 g/mol. The minimum Gasteiger partial charge on any atom is -0.280 e. The van der Waals surface area contributed by atoms with Gasteiger partial charge in [0.2, 0.25) is 0 Å². The number of nitrogens with one attached hydrogen (secondary N) is 2. The number of H-pyrrole nitrogens is 1. The third kappa shape index (κ3) is 2.36. The molecule has 2 heterocycles. The monoisotopic (exact) mass is 306 g/mol. The molecular formula is C9H11ClN4O2S2. The van der Waals surface area contributed by atoms with Crippen molar-refractivity contribution in [1.29, 1.82) is 0 Å². The summed E-state index contributed by atoms with van der Waals surface area (Å²) < 4.78 is 27.2. The number of aromatic amines is 1. The zero-order chi connectivity index (χ0) is 13.5. The molecule has 0 amide bonds. The molecule has 0 saturated carbocycles. The molecule has 0 radical (unpaired) electrons. The maximum Gasteiger partial charge on any atom is 0.273 e. The predicted molar refractivity (Wildman–Crippen MR) is 70.7 cm³/mol. The molecule has 0 saturated heterocycles. The number of aryl methyl sites for hydroxylation is 3. The second kappa shape index (κ2) is 4.52. The summed E-state index contributed by atoms with van der Waals surface area (Å²) in [4.78, 5) is 3.89.